The number of hydrogen-bond acceptors (Lipinski definition) is 5. The molecule has 156 valence electrons. The van der Waals surface area contributed by atoms with Gasteiger partial charge in [-0.15, -0.1) is 0 Å². The maximum atomic E-state index is 6.47. The highest BCUT2D eigenvalue weighted by Gasteiger charge is 2.19. The number of aryl methyl sites for hydroxylation is 1. The topological polar surface area (TPSA) is 75.9 Å². The second-order valence-corrected chi connectivity index (χ2v) is 8.46. The van der Waals surface area contributed by atoms with E-state index in [9.17, 15) is 0 Å². The van der Waals surface area contributed by atoms with Gasteiger partial charge in [-0.1, -0.05) is 47.5 Å². The molecule has 1 aliphatic rings. The summed E-state index contributed by atoms with van der Waals surface area (Å²) < 4.78 is 0. The summed E-state index contributed by atoms with van der Waals surface area (Å²) >= 11 is 6.47. The zero-order valence-electron chi connectivity index (χ0n) is 17.2. The smallest absolute Gasteiger partial charge is 0.126 e. The van der Waals surface area contributed by atoms with E-state index >= 15 is 0 Å². The van der Waals surface area contributed by atoms with Gasteiger partial charge in [0.1, 0.15) is 11.6 Å². The van der Waals surface area contributed by atoms with Crippen LogP contribution in [0.25, 0.3) is 11.3 Å². The lowest BCUT2D eigenvalue weighted by atomic mass is 9.92. The quantitative estimate of drug-likeness (QED) is 0.496. The molecule has 0 aliphatic heterocycles. The summed E-state index contributed by atoms with van der Waals surface area (Å²) in [7, 11) is 0. The molecule has 6 heteroatoms. The Kier molecular flexibility index (Phi) is 6.50. The molecule has 0 atom stereocenters. The molecule has 0 amide bonds. The van der Waals surface area contributed by atoms with E-state index in [4.69, 9.17) is 22.3 Å². The molecule has 1 aromatic carbocycles. The fourth-order valence-corrected chi connectivity index (χ4v) is 3.97. The van der Waals surface area contributed by atoms with Crippen molar-refractivity contribution in [1.29, 1.82) is 0 Å². The third kappa shape index (κ3) is 5.29. The van der Waals surface area contributed by atoms with Crippen LogP contribution >= 0.6 is 11.6 Å². The Morgan fingerprint density at radius 1 is 1.03 bits per heavy atom. The van der Waals surface area contributed by atoms with E-state index in [-0.39, 0.29) is 0 Å². The Balaban J connectivity index is 1.47. The van der Waals surface area contributed by atoms with Crippen molar-refractivity contribution in [2.24, 2.45) is 5.73 Å². The van der Waals surface area contributed by atoms with Crippen LogP contribution < -0.4 is 16.4 Å². The van der Waals surface area contributed by atoms with Gasteiger partial charge in [-0.05, 0) is 56.4 Å². The number of aromatic nitrogens is 2. The lowest BCUT2D eigenvalue weighted by molar-refractivity contribution is 0.410. The van der Waals surface area contributed by atoms with E-state index in [0.29, 0.717) is 17.1 Å². The van der Waals surface area contributed by atoms with Crippen molar-refractivity contribution in [3.63, 3.8) is 0 Å². The summed E-state index contributed by atoms with van der Waals surface area (Å²) in [6.07, 6.45) is 5.93. The van der Waals surface area contributed by atoms with Crippen molar-refractivity contribution < 1.29 is 0 Å². The molecule has 30 heavy (non-hydrogen) atoms. The van der Waals surface area contributed by atoms with E-state index in [1.807, 2.05) is 24.3 Å². The van der Waals surface area contributed by atoms with E-state index in [0.717, 1.165) is 55.1 Å². The first-order valence-electron chi connectivity index (χ1n) is 10.5. The van der Waals surface area contributed by atoms with Crippen LogP contribution in [0.5, 0.6) is 0 Å². The van der Waals surface area contributed by atoms with Crippen molar-refractivity contribution in [3.8, 4) is 11.3 Å². The van der Waals surface area contributed by atoms with Crippen LogP contribution in [0.2, 0.25) is 5.02 Å². The molecule has 0 saturated heterocycles. The Morgan fingerprint density at radius 2 is 1.80 bits per heavy atom. The summed E-state index contributed by atoms with van der Waals surface area (Å²) in [5.74, 6) is 1.64. The van der Waals surface area contributed by atoms with Crippen molar-refractivity contribution >= 4 is 23.2 Å². The Bertz CT molecular complexity index is 981. The highest BCUT2D eigenvalue weighted by molar-refractivity contribution is 6.33. The Morgan fingerprint density at radius 3 is 2.57 bits per heavy atom. The fourth-order valence-electron chi connectivity index (χ4n) is 3.77. The monoisotopic (exact) mass is 421 g/mol. The maximum Gasteiger partial charge on any atom is 0.126 e. The standard InChI is InChI=1S/C24H28ClN5/c1-16-5-7-17(8-6-16)14-27-23-4-2-3-22(30-23)20-13-24(28-15-21(20)25)29-19-11-9-18(26)10-12-19/h2-8,13,15,18-19H,9-12,14,26H2,1H3,(H,27,30)(H,28,29). The van der Waals surface area contributed by atoms with Crippen LogP contribution in [0.4, 0.5) is 11.6 Å². The van der Waals surface area contributed by atoms with Crippen molar-refractivity contribution in [2.45, 2.75) is 51.2 Å². The fraction of sp³-hybridized carbons (Fsp3) is 0.333. The normalized spacial score (nSPS) is 18.8. The molecule has 4 rings (SSSR count). The minimum Gasteiger partial charge on any atom is -0.367 e. The third-order valence-electron chi connectivity index (χ3n) is 5.60. The number of nitrogens with two attached hydrogens (primary N) is 1. The van der Waals surface area contributed by atoms with Gasteiger partial charge in [0.15, 0.2) is 0 Å². The summed E-state index contributed by atoms with van der Waals surface area (Å²) in [5, 5.41) is 7.53. The van der Waals surface area contributed by atoms with Crippen molar-refractivity contribution in [3.05, 3.63) is 70.9 Å². The molecular formula is C24H28ClN5. The molecule has 0 bridgehead atoms. The Labute approximate surface area is 183 Å². The van der Waals surface area contributed by atoms with Gasteiger partial charge in [0, 0.05) is 30.4 Å². The zero-order chi connectivity index (χ0) is 20.9. The minimum absolute atomic E-state index is 0.330. The van der Waals surface area contributed by atoms with Gasteiger partial charge in [0.25, 0.3) is 0 Å². The molecule has 0 spiro atoms. The first kappa shape index (κ1) is 20.6. The number of halogens is 1. The summed E-state index contributed by atoms with van der Waals surface area (Å²) in [6.45, 7) is 2.81. The van der Waals surface area contributed by atoms with Gasteiger partial charge in [0.05, 0.1) is 10.7 Å². The van der Waals surface area contributed by atoms with E-state index in [2.05, 4.69) is 46.8 Å². The zero-order valence-corrected chi connectivity index (χ0v) is 18.0. The van der Waals surface area contributed by atoms with Crippen molar-refractivity contribution in [1.82, 2.24) is 9.97 Å². The summed E-state index contributed by atoms with van der Waals surface area (Å²) in [6, 6.07) is 17.1. The van der Waals surface area contributed by atoms with E-state index in [1.165, 1.54) is 11.1 Å². The molecule has 4 N–H and O–H groups in total. The minimum atomic E-state index is 0.330. The molecule has 0 unspecified atom stereocenters. The predicted octanol–water partition coefficient (Wildman–Crippen LogP) is 5.40. The summed E-state index contributed by atoms with van der Waals surface area (Å²) in [4.78, 5) is 9.23. The van der Waals surface area contributed by atoms with Gasteiger partial charge in [-0.3, -0.25) is 0 Å². The van der Waals surface area contributed by atoms with Gasteiger partial charge in [0.2, 0.25) is 0 Å². The van der Waals surface area contributed by atoms with E-state index in [1.54, 1.807) is 6.20 Å². The average molecular weight is 422 g/mol. The second-order valence-electron chi connectivity index (χ2n) is 8.05. The molecule has 1 fully saturated rings. The second kappa shape index (κ2) is 9.45. The number of rotatable bonds is 6. The highest BCUT2D eigenvalue weighted by atomic mass is 35.5. The van der Waals surface area contributed by atoms with E-state index < -0.39 is 0 Å². The van der Waals surface area contributed by atoms with Gasteiger partial charge in [-0.25, -0.2) is 9.97 Å². The van der Waals surface area contributed by atoms with Crippen LogP contribution in [0, 0.1) is 6.92 Å². The molecule has 5 nitrogen and oxygen atoms in total. The number of nitrogens with zero attached hydrogens (tertiary/aromatic N) is 2. The molecule has 3 aromatic rings. The largest absolute Gasteiger partial charge is 0.367 e. The highest BCUT2D eigenvalue weighted by Crippen LogP contribution is 2.30. The van der Waals surface area contributed by atoms with Crippen molar-refractivity contribution in [2.75, 3.05) is 10.6 Å². The molecular weight excluding hydrogens is 394 g/mol. The molecule has 1 aliphatic carbocycles. The summed E-state index contributed by atoms with van der Waals surface area (Å²) in [5.41, 5.74) is 10.2. The van der Waals surface area contributed by atoms with Crippen LogP contribution in [0.15, 0.2) is 54.7 Å². The lowest BCUT2D eigenvalue weighted by Gasteiger charge is -2.27. The van der Waals surface area contributed by atoms with Gasteiger partial charge < -0.3 is 16.4 Å². The number of hydrogen-bond donors (Lipinski definition) is 3. The maximum absolute atomic E-state index is 6.47. The van der Waals surface area contributed by atoms with Crippen LogP contribution in [0.1, 0.15) is 36.8 Å². The lowest BCUT2D eigenvalue weighted by Crippen LogP contribution is -2.33. The first-order valence-corrected chi connectivity index (χ1v) is 10.9. The number of pyridine rings is 2. The molecule has 2 aromatic heterocycles. The van der Waals surface area contributed by atoms with Crippen LogP contribution in [-0.4, -0.2) is 22.1 Å². The number of nitrogens with one attached hydrogen (secondary N) is 2. The number of benzene rings is 1. The predicted molar refractivity (Wildman–Crippen MR) is 125 cm³/mol. The first-order chi connectivity index (χ1) is 14.6. The SMILES string of the molecule is Cc1ccc(CNc2cccc(-c3cc(NC4CCC(N)CC4)ncc3Cl)n2)cc1. The van der Waals surface area contributed by atoms with Crippen LogP contribution in [0.3, 0.4) is 0 Å². The number of anilines is 2. The van der Waals surface area contributed by atoms with Gasteiger partial charge >= 0.3 is 0 Å². The van der Waals surface area contributed by atoms with Gasteiger partial charge in [-0.2, -0.15) is 0 Å². The average Bonchev–Trinajstić information content (AvgIpc) is 2.76. The molecule has 0 radical (unpaired) electrons. The van der Waals surface area contributed by atoms with Crippen LogP contribution in [-0.2, 0) is 6.54 Å². The molecule has 1 saturated carbocycles. The molecule has 2 heterocycles. The Hall–Kier alpha value is -2.63. The third-order valence-corrected chi connectivity index (χ3v) is 5.90.